The monoisotopic (exact) mass is 423 g/mol. The van der Waals surface area contributed by atoms with Crippen LogP contribution in [0.3, 0.4) is 0 Å². The van der Waals surface area contributed by atoms with Crippen LogP contribution in [0.2, 0.25) is 0 Å². The summed E-state index contributed by atoms with van der Waals surface area (Å²) in [5.41, 5.74) is 1.74. The van der Waals surface area contributed by atoms with E-state index in [2.05, 4.69) is 4.98 Å². The van der Waals surface area contributed by atoms with Gasteiger partial charge >= 0.3 is 5.97 Å². The van der Waals surface area contributed by atoms with Gasteiger partial charge in [-0.25, -0.2) is 4.98 Å². The van der Waals surface area contributed by atoms with Gasteiger partial charge in [-0.05, 0) is 37.8 Å². The highest BCUT2D eigenvalue weighted by atomic mass is 32.1. The summed E-state index contributed by atoms with van der Waals surface area (Å²) in [7, 11) is 0. The van der Waals surface area contributed by atoms with Crippen molar-refractivity contribution in [3.63, 3.8) is 0 Å². The van der Waals surface area contributed by atoms with Crippen molar-refractivity contribution < 1.29 is 19.1 Å². The largest absolute Gasteiger partial charge is 0.458 e. The number of esters is 1. The first kappa shape index (κ1) is 18.7. The first-order chi connectivity index (χ1) is 14.5. The Bertz CT molecular complexity index is 1240. The Morgan fingerprint density at radius 2 is 1.77 bits per heavy atom. The molecule has 1 aliphatic heterocycles. The van der Waals surface area contributed by atoms with Gasteiger partial charge in [-0.15, -0.1) is 11.3 Å². The fourth-order valence-electron chi connectivity index (χ4n) is 3.93. The summed E-state index contributed by atoms with van der Waals surface area (Å²) in [5, 5.41) is 0. The number of imide groups is 1. The fraction of sp³-hybridized carbons (Fsp3) is 0.286. The van der Waals surface area contributed by atoms with E-state index in [0.29, 0.717) is 10.7 Å². The van der Waals surface area contributed by atoms with Gasteiger partial charge in [0, 0.05) is 16.6 Å². The number of hydrogen-bond acceptors (Lipinski definition) is 7. The molecule has 8 nitrogen and oxygen atoms in total. The third kappa shape index (κ3) is 3.02. The van der Waals surface area contributed by atoms with Crippen molar-refractivity contribution in [3.05, 3.63) is 68.1 Å². The minimum Gasteiger partial charge on any atom is -0.458 e. The first-order valence-electron chi connectivity index (χ1n) is 9.67. The number of fused-ring (bicyclic) bond motifs is 4. The second-order valence-electron chi connectivity index (χ2n) is 7.29. The molecule has 2 amide bonds. The Kier molecular flexibility index (Phi) is 4.47. The lowest BCUT2D eigenvalue weighted by atomic mass is 10.0. The Labute approximate surface area is 174 Å². The third-order valence-electron chi connectivity index (χ3n) is 5.36. The number of aromatic nitrogens is 2. The highest BCUT2D eigenvalue weighted by Gasteiger charge is 2.36. The lowest BCUT2D eigenvalue weighted by molar-refractivity contribution is -0.145. The molecule has 0 saturated heterocycles. The summed E-state index contributed by atoms with van der Waals surface area (Å²) in [6.45, 7) is -0.683. The van der Waals surface area contributed by atoms with E-state index in [-0.39, 0.29) is 23.3 Å². The van der Waals surface area contributed by atoms with Crippen molar-refractivity contribution in [2.75, 3.05) is 6.54 Å². The van der Waals surface area contributed by atoms with E-state index < -0.39 is 24.3 Å². The van der Waals surface area contributed by atoms with Gasteiger partial charge in [0.2, 0.25) is 0 Å². The number of benzene rings is 1. The standard InChI is InChI=1S/C21H17N3O5S/c25-17-9-12(22-21-24(17)15-7-3-4-8-16(15)30-21)11-29-18(26)10-23-19(27)13-5-1-2-6-14(13)20(23)28/h1-2,5-6,9H,3-4,7-8,10-11H2. The molecule has 0 atom stereocenters. The van der Waals surface area contributed by atoms with Crippen LogP contribution in [0.1, 0.15) is 49.8 Å². The van der Waals surface area contributed by atoms with Crippen molar-refractivity contribution >= 4 is 34.1 Å². The first-order valence-corrected chi connectivity index (χ1v) is 10.5. The van der Waals surface area contributed by atoms with Crippen molar-refractivity contribution in [3.8, 4) is 0 Å². The molecular weight excluding hydrogens is 406 g/mol. The van der Waals surface area contributed by atoms with E-state index in [0.717, 1.165) is 36.3 Å². The number of carbonyl (C=O) groups is 3. The predicted octanol–water partition coefficient (Wildman–Crippen LogP) is 1.97. The van der Waals surface area contributed by atoms with Crippen molar-refractivity contribution in [1.29, 1.82) is 0 Å². The summed E-state index contributed by atoms with van der Waals surface area (Å²) in [4.78, 5) is 56.6. The van der Waals surface area contributed by atoms with Gasteiger partial charge in [-0.3, -0.25) is 28.5 Å². The van der Waals surface area contributed by atoms with Gasteiger partial charge in [0.15, 0.2) is 4.96 Å². The van der Waals surface area contributed by atoms with Crippen molar-refractivity contribution in [2.45, 2.75) is 32.3 Å². The lowest BCUT2D eigenvalue weighted by Crippen LogP contribution is -2.35. The number of aryl methyl sites for hydroxylation is 2. The summed E-state index contributed by atoms with van der Waals surface area (Å²) in [6.07, 6.45) is 3.98. The van der Waals surface area contributed by atoms with E-state index in [4.69, 9.17) is 4.74 Å². The Morgan fingerprint density at radius 3 is 2.50 bits per heavy atom. The molecule has 9 heteroatoms. The minimum absolute atomic E-state index is 0.189. The summed E-state index contributed by atoms with van der Waals surface area (Å²) >= 11 is 1.50. The normalized spacial score (nSPS) is 15.4. The average molecular weight is 423 g/mol. The van der Waals surface area contributed by atoms with Gasteiger partial charge in [0.1, 0.15) is 13.2 Å². The second kappa shape index (κ2) is 7.17. The van der Waals surface area contributed by atoms with Crippen LogP contribution in [-0.2, 0) is 29.0 Å². The molecule has 0 bridgehead atoms. The van der Waals surface area contributed by atoms with Crippen LogP contribution in [0.25, 0.3) is 4.96 Å². The summed E-state index contributed by atoms with van der Waals surface area (Å²) in [5.74, 6) is -1.78. The molecule has 1 aliphatic carbocycles. The van der Waals surface area contributed by atoms with Crippen LogP contribution >= 0.6 is 11.3 Å². The van der Waals surface area contributed by atoms with Crippen LogP contribution in [0, 0.1) is 0 Å². The molecule has 0 unspecified atom stereocenters. The molecule has 2 aromatic heterocycles. The highest BCUT2D eigenvalue weighted by Crippen LogP contribution is 2.28. The van der Waals surface area contributed by atoms with E-state index >= 15 is 0 Å². The SMILES string of the molecule is O=C(CN1C(=O)c2ccccc2C1=O)OCc1cc(=O)n2c3c(sc2n1)CCCC3. The summed E-state index contributed by atoms with van der Waals surface area (Å²) in [6, 6.07) is 7.79. The number of ether oxygens (including phenoxy) is 1. The molecule has 0 N–H and O–H groups in total. The van der Waals surface area contributed by atoms with Gasteiger partial charge in [-0.2, -0.15) is 0 Å². The number of nitrogens with zero attached hydrogens (tertiary/aromatic N) is 3. The van der Waals surface area contributed by atoms with Gasteiger partial charge in [-0.1, -0.05) is 12.1 Å². The molecule has 3 heterocycles. The van der Waals surface area contributed by atoms with Crippen LogP contribution in [0.4, 0.5) is 0 Å². The number of thiazole rings is 1. The molecular formula is C21H17N3O5S. The average Bonchev–Trinajstić information content (AvgIpc) is 3.24. The Morgan fingerprint density at radius 1 is 1.07 bits per heavy atom. The molecule has 2 aliphatic rings. The molecule has 5 rings (SSSR count). The van der Waals surface area contributed by atoms with Crippen LogP contribution in [0.15, 0.2) is 35.1 Å². The number of hydrogen-bond donors (Lipinski definition) is 0. The Hall–Kier alpha value is -3.33. The maximum Gasteiger partial charge on any atom is 0.326 e. The van der Waals surface area contributed by atoms with Crippen molar-refractivity contribution in [2.24, 2.45) is 0 Å². The molecule has 0 radical (unpaired) electrons. The van der Waals surface area contributed by atoms with Crippen LogP contribution in [-0.4, -0.2) is 38.6 Å². The zero-order valence-corrected chi connectivity index (χ0v) is 16.7. The number of amides is 2. The molecule has 0 spiro atoms. The fourth-order valence-corrected chi connectivity index (χ4v) is 5.16. The quantitative estimate of drug-likeness (QED) is 0.470. The zero-order chi connectivity index (χ0) is 20.8. The van der Waals surface area contributed by atoms with E-state index in [1.165, 1.54) is 22.3 Å². The maximum absolute atomic E-state index is 12.6. The molecule has 30 heavy (non-hydrogen) atoms. The summed E-state index contributed by atoms with van der Waals surface area (Å²) < 4.78 is 6.84. The second-order valence-corrected chi connectivity index (χ2v) is 8.35. The maximum atomic E-state index is 12.6. The topological polar surface area (TPSA) is 98.0 Å². The van der Waals surface area contributed by atoms with E-state index in [1.807, 2.05) is 0 Å². The van der Waals surface area contributed by atoms with Gasteiger partial charge < -0.3 is 4.74 Å². The molecule has 0 saturated carbocycles. The van der Waals surface area contributed by atoms with Gasteiger partial charge in [0.25, 0.3) is 17.4 Å². The molecule has 152 valence electrons. The Balaban J connectivity index is 1.29. The van der Waals surface area contributed by atoms with E-state index in [9.17, 15) is 19.2 Å². The molecule has 0 fully saturated rings. The van der Waals surface area contributed by atoms with Gasteiger partial charge in [0.05, 0.1) is 16.8 Å². The third-order valence-corrected chi connectivity index (χ3v) is 6.50. The van der Waals surface area contributed by atoms with E-state index in [1.54, 1.807) is 28.7 Å². The minimum atomic E-state index is -0.739. The van der Waals surface area contributed by atoms with Crippen molar-refractivity contribution in [1.82, 2.24) is 14.3 Å². The van der Waals surface area contributed by atoms with Crippen LogP contribution < -0.4 is 5.56 Å². The number of carbonyl (C=O) groups excluding carboxylic acids is 3. The predicted molar refractivity (Wildman–Crippen MR) is 108 cm³/mol. The zero-order valence-electron chi connectivity index (χ0n) is 15.9. The number of rotatable bonds is 4. The highest BCUT2D eigenvalue weighted by molar-refractivity contribution is 7.17. The lowest BCUT2D eigenvalue weighted by Gasteiger charge is -2.13. The smallest absolute Gasteiger partial charge is 0.326 e. The molecule has 1 aromatic carbocycles. The van der Waals surface area contributed by atoms with Crippen LogP contribution in [0.5, 0.6) is 0 Å². The molecule has 3 aromatic rings.